The molecule has 27 heavy (non-hydrogen) atoms. The number of methoxy groups -OCH3 is 1. The Bertz CT molecular complexity index is 945. The highest BCUT2D eigenvalue weighted by atomic mass is 79.9. The number of aromatic nitrogens is 1. The molecule has 0 N–H and O–H groups in total. The largest absolute Gasteiger partial charge is 0.465 e. The second kappa shape index (κ2) is 8.32. The molecular formula is C19H24BrNO5S. The van der Waals surface area contributed by atoms with E-state index in [2.05, 4.69) is 15.9 Å². The average Bonchev–Trinajstić information content (AvgIpc) is 2.92. The molecule has 0 saturated heterocycles. The number of halogens is 1. The summed E-state index contributed by atoms with van der Waals surface area (Å²) >= 11 is 3.73. The van der Waals surface area contributed by atoms with Gasteiger partial charge in [-0.25, -0.2) is 4.79 Å². The van der Waals surface area contributed by atoms with Crippen molar-refractivity contribution < 1.29 is 22.1 Å². The van der Waals surface area contributed by atoms with Gasteiger partial charge in [-0.15, -0.1) is 0 Å². The van der Waals surface area contributed by atoms with Crippen LogP contribution in [0.25, 0.3) is 10.9 Å². The van der Waals surface area contributed by atoms with Crippen LogP contribution in [0.4, 0.5) is 0 Å². The van der Waals surface area contributed by atoms with Crippen LogP contribution >= 0.6 is 15.9 Å². The lowest BCUT2D eigenvalue weighted by molar-refractivity contribution is 0.0601. The van der Waals surface area contributed by atoms with Gasteiger partial charge in [-0.2, -0.15) is 8.42 Å². The highest BCUT2D eigenvalue weighted by Crippen LogP contribution is 2.42. The molecule has 1 fully saturated rings. The molecule has 1 aromatic heterocycles. The summed E-state index contributed by atoms with van der Waals surface area (Å²) in [5, 5.41) is 1.08. The summed E-state index contributed by atoms with van der Waals surface area (Å²) in [5.41, 5.74) is 2.58. The number of hydrogen-bond acceptors (Lipinski definition) is 5. The normalized spacial score (nSPS) is 16.0. The highest BCUT2D eigenvalue weighted by Gasteiger charge is 2.25. The molecule has 6 nitrogen and oxygen atoms in total. The molecule has 1 aromatic carbocycles. The zero-order chi connectivity index (χ0) is 19.6. The van der Waals surface area contributed by atoms with Crippen molar-refractivity contribution in [2.24, 2.45) is 0 Å². The fraction of sp³-hybridized carbons (Fsp3) is 0.526. The fourth-order valence-corrected chi connectivity index (χ4v) is 5.15. The zero-order valence-corrected chi connectivity index (χ0v) is 17.9. The molecule has 1 aliphatic carbocycles. The standard InChI is InChI=1S/C19H24BrNO5S/c1-25-19(22)14-8-9-15-16(12-14)21(10-11-26-27(2,23)24)18(20)17(15)13-6-4-3-5-7-13/h8-9,12-13H,3-7,10-11H2,1-2H3. The molecule has 0 bridgehead atoms. The minimum atomic E-state index is -3.50. The van der Waals surface area contributed by atoms with Crippen molar-refractivity contribution in [3.05, 3.63) is 33.9 Å². The predicted octanol–water partition coefficient (Wildman–Crippen LogP) is 4.21. The van der Waals surface area contributed by atoms with E-state index in [-0.39, 0.29) is 6.61 Å². The van der Waals surface area contributed by atoms with Crippen LogP contribution in [0.2, 0.25) is 0 Å². The molecule has 1 saturated carbocycles. The maximum Gasteiger partial charge on any atom is 0.337 e. The monoisotopic (exact) mass is 457 g/mol. The minimum absolute atomic E-state index is 0.0355. The van der Waals surface area contributed by atoms with Gasteiger partial charge in [0.15, 0.2) is 0 Å². The Labute approximate surface area is 168 Å². The second-order valence-electron chi connectivity index (χ2n) is 6.94. The van der Waals surface area contributed by atoms with Crippen molar-refractivity contribution in [1.82, 2.24) is 4.57 Å². The van der Waals surface area contributed by atoms with Crippen LogP contribution in [0.15, 0.2) is 22.8 Å². The molecular weight excluding hydrogens is 434 g/mol. The number of carbonyl (C=O) groups excluding carboxylic acids is 1. The lowest BCUT2D eigenvalue weighted by Crippen LogP contribution is -2.11. The summed E-state index contributed by atoms with van der Waals surface area (Å²) < 4.78 is 35.3. The Morgan fingerprint density at radius 3 is 2.59 bits per heavy atom. The summed E-state index contributed by atoms with van der Waals surface area (Å²) in [4.78, 5) is 12.0. The third-order valence-electron chi connectivity index (χ3n) is 5.08. The van der Waals surface area contributed by atoms with Gasteiger partial charge in [-0.3, -0.25) is 4.18 Å². The van der Waals surface area contributed by atoms with Gasteiger partial charge in [-0.05, 0) is 52.4 Å². The van der Waals surface area contributed by atoms with Gasteiger partial charge >= 0.3 is 5.97 Å². The van der Waals surface area contributed by atoms with E-state index >= 15 is 0 Å². The Morgan fingerprint density at radius 1 is 1.26 bits per heavy atom. The molecule has 0 radical (unpaired) electrons. The van der Waals surface area contributed by atoms with Gasteiger partial charge in [0.2, 0.25) is 0 Å². The Morgan fingerprint density at radius 2 is 1.96 bits per heavy atom. The van der Waals surface area contributed by atoms with Crippen LogP contribution in [0.5, 0.6) is 0 Å². The molecule has 0 spiro atoms. The lowest BCUT2D eigenvalue weighted by atomic mass is 9.84. The van der Waals surface area contributed by atoms with Crippen molar-refractivity contribution in [3.8, 4) is 0 Å². The number of ether oxygens (including phenoxy) is 1. The predicted molar refractivity (Wildman–Crippen MR) is 108 cm³/mol. The van der Waals surface area contributed by atoms with Crippen LogP contribution in [0.3, 0.4) is 0 Å². The highest BCUT2D eigenvalue weighted by molar-refractivity contribution is 9.10. The number of hydrogen-bond donors (Lipinski definition) is 0. The van der Waals surface area contributed by atoms with Gasteiger partial charge in [-0.1, -0.05) is 25.3 Å². The van der Waals surface area contributed by atoms with Gasteiger partial charge in [0.1, 0.15) is 0 Å². The third-order valence-corrected chi connectivity index (χ3v) is 6.53. The van der Waals surface area contributed by atoms with Crippen LogP contribution in [-0.4, -0.2) is 38.9 Å². The Kier molecular flexibility index (Phi) is 6.28. The fourth-order valence-electron chi connectivity index (χ4n) is 3.87. The first-order chi connectivity index (χ1) is 12.8. The van der Waals surface area contributed by atoms with Crippen molar-refractivity contribution in [2.45, 2.75) is 44.6 Å². The van der Waals surface area contributed by atoms with Crippen LogP contribution in [0.1, 0.15) is 53.9 Å². The molecule has 1 heterocycles. The molecule has 0 amide bonds. The number of benzene rings is 1. The van der Waals surface area contributed by atoms with Crippen molar-refractivity contribution >= 4 is 42.9 Å². The van der Waals surface area contributed by atoms with E-state index in [4.69, 9.17) is 8.92 Å². The minimum Gasteiger partial charge on any atom is -0.465 e. The molecule has 3 rings (SSSR count). The number of esters is 1. The quantitative estimate of drug-likeness (QED) is 0.479. The first-order valence-electron chi connectivity index (χ1n) is 9.06. The Balaban J connectivity index is 2.06. The van der Waals surface area contributed by atoms with E-state index < -0.39 is 16.1 Å². The Hall–Kier alpha value is -1.38. The lowest BCUT2D eigenvalue weighted by Gasteiger charge is -2.22. The maximum atomic E-state index is 12.0. The van der Waals surface area contributed by atoms with E-state index in [1.807, 2.05) is 10.6 Å². The van der Waals surface area contributed by atoms with E-state index in [1.54, 1.807) is 12.1 Å². The second-order valence-corrected chi connectivity index (χ2v) is 9.34. The summed E-state index contributed by atoms with van der Waals surface area (Å²) in [6.07, 6.45) is 7.00. The molecule has 2 aromatic rings. The number of carbonyl (C=O) groups is 1. The molecule has 0 unspecified atom stereocenters. The van der Waals surface area contributed by atoms with E-state index in [0.717, 1.165) is 34.6 Å². The molecule has 148 valence electrons. The van der Waals surface area contributed by atoms with E-state index in [0.29, 0.717) is 18.0 Å². The van der Waals surface area contributed by atoms with Crippen LogP contribution in [0, 0.1) is 0 Å². The van der Waals surface area contributed by atoms with Crippen LogP contribution in [-0.2, 0) is 25.6 Å². The molecule has 8 heteroatoms. The molecule has 0 atom stereocenters. The average molecular weight is 458 g/mol. The van der Waals surface area contributed by atoms with Gasteiger partial charge in [0.25, 0.3) is 10.1 Å². The number of rotatable bonds is 6. The number of nitrogens with zero attached hydrogens (tertiary/aromatic N) is 1. The first-order valence-corrected chi connectivity index (χ1v) is 11.7. The van der Waals surface area contributed by atoms with Crippen LogP contribution < -0.4 is 0 Å². The SMILES string of the molecule is COC(=O)c1ccc2c(C3CCCCC3)c(Br)n(CCOS(C)(=O)=O)c2c1. The topological polar surface area (TPSA) is 74.6 Å². The summed E-state index contributed by atoms with van der Waals surface area (Å²) in [6.45, 7) is 0.398. The van der Waals surface area contributed by atoms with Crippen molar-refractivity contribution in [3.63, 3.8) is 0 Å². The summed E-state index contributed by atoms with van der Waals surface area (Å²) in [5.74, 6) is 0.0593. The van der Waals surface area contributed by atoms with Gasteiger partial charge < -0.3 is 9.30 Å². The number of fused-ring (bicyclic) bond motifs is 1. The van der Waals surface area contributed by atoms with Crippen molar-refractivity contribution in [1.29, 1.82) is 0 Å². The van der Waals surface area contributed by atoms with E-state index in [9.17, 15) is 13.2 Å². The van der Waals surface area contributed by atoms with Gasteiger partial charge in [0, 0.05) is 11.9 Å². The zero-order valence-electron chi connectivity index (χ0n) is 15.5. The molecule has 0 aliphatic heterocycles. The van der Waals surface area contributed by atoms with Crippen molar-refractivity contribution in [2.75, 3.05) is 20.0 Å². The first kappa shape index (κ1) is 20.4. The third kappa shape index (κ3) is 4.55. The van der Waals surface area contributed by atoms with E-state index in [1.165, 1.54) is 31.9 Å². The smallest absolute Gasteiger partial charge is 0.337 e. The van der Waals surface area contributed by atoms with Gasteiger partial charge in [0.05, 0.1) is 35.7 Å². The molecule has 1 aliphatic rings. The maximum absolute atomic E-state index is 12.0. The summed E-state index contributed by atoms with van der Waals surface area (Å²) in [6, 6.07) is 5.55. The summed E-state index contributed by atoms with van der Waals surface area (Å²) in [7, 11) is -2.15.